The molecule has 34 heavy (non-hydrogen) atoms. The molecule has 4 aliphatic rings. The van der Waals surface area contributed by atoms with Crippen LogP contribution in [0.4, 0.5) is 0 Å². The van der Waals surface area contributed by atoms with Crippen molar-refractivity contribution in [2.45, 2.75) is 95.9 Å². The first-order valence-electron chi connectivity index (χ1n) is 12.2. The number of carbonyl (C=O) groups is 2. The Morgan fingerprint density at radius 2 is 1.94 bits per heavy atom. The first-order chi connectivity index (χ1) is 15.8. The average Bonchev–Trinajstić information content (AvgIpc) is 3.51. The van der Waals surface area contributed by atoms with Crippen molar-refractivity contribution in [3.05, 3.63) is 23.8 Å². The number of hydrogen-bond acceptors (Lipinski definition) is 8. The van der Waals surface area contributed by atoms with E-state index in [0.29, 0.717) is 12.8 Å². The highest BCUT2D eigenvalue weighted by atomic mass is 16.6. The van der Waals surface area contributed by atoms with Crippen molar-refractivity contribution >= 4 is 11.8 Å². The Labute approximate surface area is 200 Å². The van der Waals surface area contributed by atoms with Crippen LogP contribution in [0.2, 0.25) is 0 Å². The molecule has 4 rings (SSSR count). The van der Waals surface area contributed by atoms with Gasteiger partial charge >= 0.3 is 5.97 Å². The van der Waals surface area contributed by atoms with E-state index in [1.165, 1.54) is 13.0 Å². The summed E-state index contributed by atoms with van der Waals surface area (Å²) in [7, 11) is 0. The Hall–Kier alpha value is -1.58. The Bertz CT molecular complexity index is 906. The molecule has 0 unspecified atom stereocenters. The topological polar surface area (TPSA) is 137 Å². The molecule has 0 amide bonds. The minimum absolute atomic E-state index is 0.0214. The molecule has 8 heteroatoms. The molecule has 0 radical (unpaired) electrons. The van der Waals surface area contributed by atoms with Crippen LogP contribution >= 0.6 is 0 Å². The number of aliphatic hydroxyl groups excluding tert-OH is 4. The van der Waals surface area contributed by atoms with E-state index in [-0.39, 0.29) is 46.7 Å². The van der Waals surface area contributed by atoms with Crippen LogP contribution in [0.3, 0.4) is 0 Å². The third-order valence-corrected chi connectivity index (χ3v) is 9.28. The number of ether oxygens (including phenoxy) is 2. The summed E-state index contributed by atoms with van der Waals surface area (Å²) in [6.07, 6.45) is -0.142. The van der Waals surface area contributed by atoms with Crippen LogP contribution in [0.5, 0.6) is 0 Å². The molecule has 2 saturated carbocycles. The molecule has 1 aliphatic heterocycles. The fourth-order valence-corrected chi connectivity index (χ4v) is 6.96. The first kappa shape index (κ1) is 25.5. The van der Waals surface area contributed by atoms with Gasteiger partial charge in [0, 0.05) is 5.57 Å². The molecule has 8 nitrogen and oxygen atoms in total. The number of hydrogen-bond donors (Lipinski definition) is 4. The van der Waals surface area contributed by atoms with Crippen molar-refractivity contribution in [2.24, 2.45) is 22.7 Å². The number of fused-ring (bicyclic) bond motifs is 2. The Morgan fingerprint density at radius 3 is 2.59 bits per heavy atom. The Kier molecular flexibility index (Phi) is 6.39. The van der Waals surface area contributed by atoms with Crippen molar-refractivity contribution in [1.29, 1.82) is 0 Å². The highest BCUT2D eigenvalue weighted by Gasteiger charge is 2.69. The normalized spacial score (nSPS) is 42.7. The van der Waals surface area contributed by atoms with Gasteiger partial charge in [-0.25, -0.2) is 4.79 Å². The molecule has 0 aromatic heterocycles. The van der Waals surface area contributed by atoms with E-state index < -0.39 is 36.0 Å². The second kappa shape index (κ2) is 8.52. The summed E-state index contributed by atoms with van der Waals surface area (Å²) in [5.74, 6) is -0.988. The summed E-state index contributed by atoms with van der Waals surface area (Å²) in [6.45, 7) is 11.7. The van der Waals surface area contributed by atoms with Crippen molar-refractivity contribution in [1.82, 2.24) is 0 Å². The highest BCUT2D eigenvalue weighted by molar-refractivity contribution is 6.02. The molecular weight excluding hydrogens is 440 g/mol. The van der Waals surface area contributed by atoms with Gasteiger partial charge in [-0.15, -0.1) is 0 Å². The Balaban J connectivity index is 1.51. The third-order valence-electron chi connectivity index (χ3n) is 9.28. The van der Waals surface area contributed by atoms with Gasteiger partial charge in [0.05, 0.1) is 12.2 Å². The number of aliphatic hydroxyl groups is 4. The zero-order chi connectivity index (χ0) is 25.2. The summed E-state index contributed by atoms with van der Waals surface area (Å²) in [5.41, 5.74) is -0.192. The molecule has 1 saturated heterocycles. The number of epoxide rings is 1. The van der Waals surface area contributed by atoms with Gasteiger partial charge in [-0.2, -0.15) is 0 Å². The van der Waals surface area contributed by atoms with Crippen LogP contribution in [0, 0.1) is 22.7 Å². The van der Waals surface area contributed by atoms with Gasteiger partial charge in [0.25, 0.3) is 0 Å². The fourth-order valence-electron chi connectivity index (χ4n) is 6.96. The van der Waals surface area contributed by atoms with Gasteiger partial charge in [0.2, 0.25) is 0 Å². The summed E-state index contributed by atoms with van der Waals surface area (Å²) in [4.78, 5) is 25.0. The molecule has 0 bridgehead atoms. The van der Waals surface area contributed by atoms with E-state index in [1.54, 1.807) is 0 Å². The van der Waals surface area contributed by atoms with Crippen molar-refractivity contribution in [3.8, 4) is 0 Å². The molecular formula is C26H38O8. The smallest absolute Gasteiger partial charge is 0.338 e. The standard InChI is InChI=1S/C26H38O8/c1-13-6-7-17-24(3,4)18(28)8-9-25(17,5)16(13)11-26-19(29)10-15(21(31)22(26)34-26)12-33-23(32)20(30)14(2)27/h10,14,16-18,20-22,27-28,30-31H,1,6-9,11-12H2,2-5H3/t14-,16-,17-,18+,20+,21+,22-,25+,26+/m0/s1. The molecule has 1 heterocycles. The monoisotopic (exact) mass is 478 g/mol. The number of esters is 1. The van der Waals surface area contributed by atoms with Crippen LogP contribution < -0.4 is 0 Å². The summed E-state index contributed by atoms with van der Waals surface area (Å²) >= 11 is 0. The lowest BCUT2D eigenvalue weighted by atomic mass is 9.46. The van der Waals surface area contributed by atoms with Crippen molar-refractivity contribution in [3.63, 3.8) is 0 Å². The van der Waals surface area contributed by atoms with Gasteiger partial charge in [0.1, 0.15) is 18.8 Å². The Morgan fingerprint density at radius 1 is 1.26 bits per heavy atom. The van der Waals surface area contributed by atoms with Gasteiger partial charge in [-0.05, 0) is 67.8 Å². The zero-order valence-corrected chi connectivity index (χ0v) is 20.5. The van der Waals surface area contributed by atoms with Crippen LogP contribution in [-0.2, 0) is 19.1 Å². The lowest BCUT2D eigenvalue weighted by molar-refractivity contribution is -0.158. The summed E-state index contributed by atoms with van der Waals surface area (Å²) in [6, 6.07) is 0. The molecule has 9 atom stereocenters. The minimum atomic E-state index is -1.70. The maximum absolute atomic E-state index is 13.2. The molecule has 0 aromatic rings. The maximum atomic E-state index is 13.2. The SMILES string of the molecule is C=C1CC[C@H]2C(C)(C)[C@H](O)CC[C@]2(C)[C@H]1C[C@]12O[C@H]1[C@H](O)C(COC(=O)[C@H](O)[C@H](C)O)=CC2=O. The van der Waals surface area contributed by atoms with E-state index in [1.807, 2.05) is 0 Å². The summed E-state index contributed by atoms with van der Waals surface area (Å²) < 4.78 is 10.9. The van der Waals surface area contributed by atoms with Gasteiger partial charge in [-0.1, -0.05) is 32.9 Å². The van der Waals surface area contributed by atoms with Gasteiger partial charge < -0.3 is 29.9 Å². The number of carbonyl (C=O) groups excluding carboxylic acids is 2. The van der Waals surface area contributed by atoms with Crippen LogP contribution in [0.15, 0.2) is 23.8 Å². The lowest BCUT2D eigenvalue weighted by Crippen LogP contribution is -2.56. The van der Waals surface area contributed by atoms with E-state index >= 15 is 0 Å². The van der Waals surface area contributed by atoms with E-state index in [4.69, 9.17) is 9.47 Å². The second-order valence-corrected chi connectivity index (χ2v) is 11.6. The zero-order valence-electron chi connectivity index (χ0n) is 20.5. The van der Waals surface area contributed by atoms with Gasteiger partial charge in [-0.3, -0.25) is 4.79 Å². The van der Waals surface area contributed by atoms with Gasteiger partial charge in [0.15, 0.2) is 17.5 Å². The third kappa shape index (κ3) is 3.88. The molecule has 190 valence electrons. The summed E-state index contributed by atoms with van der Waals surface area (Å²) in [5, 5.41) is 40.4. The number of ketones is 1. The quantitative estimate of drug-likeness (QED) is 0.256. The molecule has 3 fully saturated rings. The van der Waals surface area contributed by atoms with E-state index in [0.717, 1.165) is 24.8 Å². The van der Waals surface area contributed by atoms with Crippen LogP contribution in [0.1, 0.15) is 59.8 Å². The minimum Gasteiger partial charge on any atom is -0.459 e. The van der Waals surface area contributed by atoms with Crippen LogP contribution in [0.25, 0.3) is 0 Å². The molecule has 0 spiro atoms. The van der Waals surface area contributed by atoms with Crippen LogP contribution in [-0.4, -0.2) is 74.9 Å². The predicted molar refractivity (Wildman–Crippen MR) is 122 cm³/mol. The molecule has 4 N–H and O–H groups in total. The fraction of sp³-hybridized carbons (Fsp3) is 0.769. The highest BCUT2D eigenvalue weighted by Crippen LogP contribution is 2.64. The average molecular weight is 479 g/mol. The van der Waals surface area contributed by atoms with E-state index in [2.05, 4.69) is 27.4 Å². The van der Waals surface area contributed by atoms with Crippen molar-refractivity contribution < 1.29 is 39.5 Å². The number of rotatable bonds is 6. The maximum Gasteiger partial charge on any atom is 0.338 e. The largest absolute Gasteiger partial charge is 0.459 e. The van der Waals surface area contributed by atoms with E-state index in [9.17, 15) is 30.0 Å². The molecule has 0 aromatic carbocycles. The number of allylic oxidation sites excluding steroid dienone is 1. The second-order valence-electron chi connectivity index (χ2n) is 11.6. The van der Waals surface area contributed by atoms with Crippen molar-refractivity contribution in [2.75, 3.05) is 6.61 Å². The molecule has 3 aliphatic carbocycles. The lowest BCUT2D eigenvalue weighted by Gasteiger charge is -2.59. The first-order valence-corrected chi connectivity index (χ1v) is 12.2. The predicted octanol–water partition coefficient (Wildman–Crippen LogP) is 1.44.